The number of hydrogen-bond donors (Lipinski definition) is 7. The molecule has 118 valence electrons. The molecule has 7 atom stereocenters. The van der Waals surface area contributed by atoms with Gasteiger partial charge in [0, 0.05) is 0 Å². The molecule has 1 heterocycles. The second kappa shape index (κ2) is 5.97. The van der Waals surface area contributed by atoms with Crippen LogP contribution in [0, 0.1) is 0 Å². The van der Waals surface area contributed by atoms with Crippen molar-refractivity contribution in [3.05, 3.63) is 0 Å². The average Bonchev–Trinajstić information content (AvgIpc) is 2.28. The summed E-state index contributed by atoms with van der Waals surface area (Å²) in [6.45, 7) is 0. The highest BCUT2D eigenvalue weighted by Crippen LogP contribution is 2.44. The van der Waals surface area contributed by atoms with Crippen molar-refractivity contribution in [1.29, 1.82) is 0 Å². The Morgan fingerprint density at radius 2 is 1.80 bits per heavy atom. The van der Waals surface area contributed by atoms with Crippen LogP contribution in [0.1, 0.15) is 0 Å². The Balaban J connectivity index is 3.07. The molecule has 0 aromatic rings. The molecule has 0 aromatic carbocycles. The van der Waals surface area contributed by atoms with Crippen LogP contribution in [-0.2, 0) is 18.4 Å². The lowest BCUT2D eigenvalue weighted by atomic mass is 9.96. The second-order valence-corrected chi connectivity index (χ2v) is 6.19. The maximum absolute atomic E-state index is 10.8. The topological polar surface area (TPSA) is 217 Å². The van der Waals surface area contributed by atoms with Crippen LogP contribution in [0.15, 0.2) is 0 Å². The first-order chi connectivity index (χ1) is 8.90. The van der Waals surface area contributed by atoms with Gasteiger partial charge in [0.25, 0.3) is 11.6 Å². The molecule has 0 amide bonds. The van der Waals surface area contributed by atoms with Crippen molar-refractivity contribution < 1.29 is 58.6 Å². The minimum absolute atomic E-state index is 2.16. The molecular formula is C6H12O12P2. The zero-order chi connectivity index (χ0) is 15.9. The average molecular weight is 338 g/mol. The van der Waals surface area contributed by atoms with Gasteiger partial charge in [0.2, 0.25) is 6.29 Å². The molecule has 12 nitrogen and oxygen atoms in total. The Labute approximate surface area is 111 Å². The number of hydrogen-bond acceptors (Lipinski definition) is 10. The van der Waals surface area contributed by atoms with Gasteiger partial charge >= 0.3 is 15.9 Å². The van der Waals surface area contributed by atoms with E-state index in [1.54, 1.807) is 0 Å². The van der Waals surface area contributed by atoms with Crippen LogP contribution in [0.2, 0.25) is 0 Å². The van der Waals surface area contributed by atoms with Crippen molar-refractivity contribution in [3.63, 3.8) is 0 Å². The number of aliphatic hydroxyl groups excluding tert-OH is 4. The van der Waals surface area contributed by atoms with Crippen molar-refractivity contribution in [2.45, 2.75) is 36.2 Å². The predicted octanol–water partition coefficient (Wildman–Crippen LogP) is -4.36. The third-order valence-electron chi connectivity index (χ3n) is 2.50. The molecule has 0 bridgehead atoms. The standard InChI is InChI=1S/C6H12O12P2/c7-1-2(8)4(19(12)13)17-6(11,3(1)9)5(10)18-20(14,15)16/h1-5,7-11H,(H2,14,15,16)/t1-,2+,3+,4?,5?,6-/m1/s1. The molecule has 20 heavy (non-hydrogen) atoms. The quantitative estimate of drug-likeness (QED) is 0.191. The van der Waals surface area contributed by atoms with Crippen molar-refractivity contribution >= 4 is 15.9 Å². The summed E-state index contributed by atoms with van der Waals surface area (Å²) in [4.78, 5) is 27.7. The normalized spacial score (nSPS) is 41.3. The summed E-state index contributed by atoms with van der Waals surface area (Å²) < 4.78 is 29.3. The Bertz CT molecular complexity index is 422. The maximum Gasteiger partial charge on any atom is 0.472 e. The highest BCUT2D eigenvalue weighted by molar-refractivity contribution is 7.46. The van der Waals surface area contributed by atoms with E-state index in [-0.39, 0.29) is 0 Å². The first-order valence-electron chi connectivity index (χ1n) is 4.90. The molecule has 14 heteroatoms. The van der Waals surface area contributed by atoms with E-state index >= 15 is 0 Å². The summed E-state index contributed by atoms with van der Waals surface area (Å²) in [5.74, 6) is -5.64. The van der Waals surface area contributed by atoms with Crippen molar-refractivity contribution in [3.8, 4) is 0 Å². The van der Waals surface area contributed by atoms with Crippen molar-refractivity contribution in [2.24, 2.45) is 0 Å². The van der Waals surface area contributed by atoms with E-state index in [9.17, 15) is 39.6 Å². The van der Waals surface area contributed by atoms with E-state index < -0.39 is 52.1 Å². The van der Waals surface area contributed by atoms with Crippen LogP contribution >= 0.6 is 15.9 Å². The molecule has 0 spiro atoms. The Hall–Kier alpha value is -0.0700. The summed E-state index contributed by atoms with van der Waals surface area (Å²) in [6.07, 6.45) is -9.86. The highest BCUT2D eigenvalue weighted by atomic mass is 31.2. The lowest BCUT2D eigenvalue weighted by Gasteiger charge is -2.44. The summed E-state index contributed by atoms with van der Waals surface area (Å²) in [5.41, 5.74) is 0. The fraction of sp³-hybridized carbons (Fsp3) is 1.00. The maximum atomic E-state index is 10.8. The van der Waals surface area contributed by atoms with Gasteiger partial charge in [-0.25, -0.2) is 4.57 Å². The number of rotatable bonds is 4. The number of ether oxygens (including phenoxy) is 1. The summed E-state index contributed by atoms with van der Waals surface area (Å²) in [5, 5.41) is 47.2. The van der Waals surface area contributed by atoms with E-state index in [1.807, 2.05) is 0 Å². The monoisotopic (exact) mass is 338 g/mol. The Kier molecular flexibility index (Phi) is 5.37. The molecule has 1 rings (SSSR count). The van der Waals surface area contributed by atoms with E-state index in [2.05, 4.69) is 9.26 Å². The van der Waals surface area contributed by atoms with E-state index in [1.165, 1.54) is 0 Å². The molecule has 0 saturated carbocycles. The molecule has 7 N–H and O–H groups in total. The molecule has 3 unspecified atom stereocenters. The molecular weight excluding hydrogens is 326 g/mol. The molecule has 1 saturated heterocycles. The Morgan fingerprint density at radius 1 is 1.30 bits per heavy atom. The molecule has 0 aliphatic carbocycles. The van der Waals surface area contributed by atoms with Gasteiger partial charge in [0.05, 0.1) is 0 Å². The molecule has 1 aliphatic rings. The lowest BCUT2D eigenvalue weighted by Crippen LogP contribution is -2.68. The fourth-order valence-electron chi connectivity index (χ4n) is 1.51. The van der Waals surface area contributed by atoms with Gasteiger partial charge in [-0.05, 0) is 0 Å². The van der Waals surface area contributed by atoms with Crippen LogP contribution < -0.4 is 4.89 Å². The van der Waals surface area contributed by atoms with Gasteiger partial charge in [0.1, 0.15) is 12.2 Å². The summed E-state index contributed by atoms with van der Waals surface area (Å²) in [6, 6.07) is 0. The van der Waals surface area contributed by atoms with Crippen LogP contribution in [0.3, 0.4) is 0 Å². The third-order valence-corrected chi connectivity index (χ3v) is 3.80. The predicted molar refractivity (Wildman–Crippen MR) is 54.6 cm³/mol. The number of aliphatic hydroxyl groups is 5. The molecule has 0 radical (unpaired) electrons. The van der Waals surface area contributed by atoms with Crippen LogP contribution in [0.4, 0.5) is 0 Å². The van der Waals surface area contributed by atoms with Crippen LogP contribution in [0.25, 0.3) is 0 Å². The van der Waals surface area contributed by atoms with Gasteiger partial charge < -0.3 is 40.2 Å². The first kappa shape index (κ1) is 18.0. The lowest BCUT2D eigenvalue weighted by molar-refractivity contribution is -0.390. The Morgan fingerprint density at radius 3 is 2.20 bits per heavy atom. The molecule has 1 aliphatic heterocycles. The minimum Gasteiger partial charge on any atom is -0.593 e. The van der Waals surface area contributed by atoms with Gasteiger partial charge in [-0.1, -0.05) is 4.57 Å². The second-order valence-electron chi connectivity index (χ2n) is 3.92. The minimum atomic E-state index is -5.33. The van der Waals surface area contributed by atoms with Gasteiger partial charge in [-0.2, -0.15) is 0 Å². The fourth-order valence-corrected chi connectivity index (χ4v) is 2.60. The zero-order valence-electron chi connectivity index (χ0n) is 9.45. The molecule has 1 fully saturated rings. The number of phosphoric ester groups is 1. The van der Waals surface area contributed by atoms with Gasteiger partial charge in [0.15, 0.2) is 6.10 Å². The first-order valence-corrected chi connectivity index (χ1v) is 7.67. The number of phosphoric acid groups is 1. The molecule has 0 aromatic heterocycles. The van der Waals surface area contributed by atoms with Gasteiger partial charge in [-0.3, -0.25) is 9.26 Å². The van der Waals surface area contributed by atoms with E-state index in [0.717, 1.165) is 0 Å². The van der Waals surface area contributed by atoms with Crippen molar-refractivity contribution in [2.75, 3.05) is 0 Å². The SMILES string of the molecule is O=[P+]([O-])C1O[C@@](O)(C(O)OP(=O)(O)O)[C@@H](O)[C@H](O)[C@@H]1O. The smallest absolute Gasteiger partial charge is 0.472 e. The van der Waals surface area contributed by atoms with Crippen molar-refractivity contribution in [1.82, 2.24) is 0 Å². The zero-order valence-corrected chi connectivity index (χ0v) is 11.2. The largest absolute Gasteiger partial charge is 0.593 e. The summed E-state index contributed by atoms with van der Waals surface area (Å²) >= 11 is 0. The third kappa shape index (κ3) is 3.57. The van der Waals surface area contributed by atoms with Crippen LogP contribution in [0.5, 0.6) is 0 Å². The highest BCUT2D eigenvalue weighted by Gasteiger charge is 2.61. The van der Waals surface area contributed by atoms with Crippen LogP contribution in [-0.4, -0.2) is 71.6 Å². The summed E-state index contributed by atoms with van der Waals surface area (Å²) in [7, 11) is -8.92. The van der Waals surface area contributed by atoms with Gasteiger partial charge in [-0.15, -0.1) is 0 Å². The van der Waals surface area contributed by atoms with E-state index in [0.29, 0.717) is 0 Å². The van der Waals surface area contributed by atoms with E-state index in [4.69, 9.17) is 9.79 Å².